The third-order valence-electron chi connectivity index (χ3n) is 0.954. The highest BCUT2D eigenvalue weighted by Gasteiger charge is 2.04. The molecule has 0 atom stereocenters. The summed E-state index contributed by atoms with van der Waals surface area (Å²) in [5.74, 6) is 0. The number of hydrazone groups is 1. The first-order valence-electron chi connectivity index (χ1n) is 3.07. The van der Waals surface area contributed by atoms with Crippen molar-refractivity contribution in [3.05, 3.63) is 0 Å². The molecule has 0 heterocycles. The Morgan fingerprint density at radius 3 is 2.46 bits per heavy atom. The SMILES string of the molecule is COC(/C=N/NS(=O)(=O)C#N)OC. The van der Waals surface area contributed by atoms with Crippen molar-refractivity contribution in [1.82, 2.24) is 4.83 Å². The summed E-state index contributed by atoms with van der Waals surface area (Å²) < 4.78 is 30.3. The number of methoxy groups -OCH3 is 2. The van der Waals surface area contributed by atoms with Crippen LogP contribution in [0.15, 0.2) is 5.10 Å². The Morgan fingerprint density at radius 1 is 1.54 bits per heavy atom. The normalized spacial score (nSPS) is 11.8. The molecule has 0 spiro atoms. The van der Waals surface area contributed by atoms with Gasteiger partial charge in [0.2, 0.25) is 5.40 Å². The lowest BCUT2D eigenvalue weighted by atomic mass is 10.7. The maximum Gasteiger partial charge on any atom is 0.341 e. The van der Waals surface area contributed by atoms with Crippen molar-refractivity contribution in [2.24, 2.45) is 5.10 Å². The number of ether oxygens (including phenoxy) is 2. The van der Waals surface area contributed by atoms with E-state index in [2.05, 4.69) is 14.6 Å². The van der Waals surface area contributed by atoms with Crippen molar-refractivity contribution in [2.45, 2.75) is 6.29 Å². The Bertz CT molecular complexity index is 300. The fourth-order valence-electron chi connectivity index (χ4n) is 0.399. The van der Waals surface area contributed by atoms with Crippen molar-refractivity contribution in [2.75, 3.05) is 14.2 Å². The van der Waals surface area contributed by atoms with Crippen LogP contribution >= 0.6 is 0 Å². The third-order valence-corrected chi connectivity index (χ3v) is 1.54. The molecule has 0 aromatic heterocycles. The van der Waals surface area contributed by atoms with Crippen molar-refractivity contribution in [3.8, 4) is 5.40 Å². The number of sulfonamides is 1. The zero-order chi connectivity index (χ0) is 10.3. The van der Waals surface area contributed by atoms with Gasteiger partial charge in [0.1, 0.15) is 0 Å². The minimum atomic E-state index is -3.99. The van der Waals surface area contributed by atoms with Gasteiger partial charge in [-0.05, 0) is 0 Å². The standard InChI is InChI=1S/C5H9N3O4S/c1-11-5(12-2)3-7-8-13(9,10)4-6/h3,5,8H,1-2H3/b7-3+. The van der Waals surface area contributed by atoms with Crippen LogP contribution in [0.4, 0.5) is 0 Å². The molecule has 0 radical (unpaired) electrons. The van der Waals surface area contributed by atoms with E-state index in [1.165, 1.54) is 14.2 Å². The molecule has 0 rings (SSSR count). The van der Waals surface area contributed by atoms with E-state index in [1.54, 1.807) is 4.83 Å². The second-order valence-electron chi connectivity index (χ2n) is 1.80. The fraction of sp³-hybridized carbons (Fsp3) is 0.600. The molecule has 13 heavy (non-hydrogen) atoms. The highest BCUT2D eigenvalue weighted by Crippen LogP contribution is 1.85. The van der Waals surface area contributed by atoms with Crippen molar-refractivity contribution in [1.29, 1.82) is 5.26 Å². The van der Waals surface area contributed by atoms with Gasteiger partial charge in [0.15, 0.2) is 6.29 Å². The molecule has 0 amide bonds. The van der Waals surface area contributed by atoms with Crippen LogP contribution in [-0.4, -0.2) is 35.1 Å². The molecular weight excluding hydrogens is 198 g/mol. The first-order chi connectivity index (χ1) is 6.05. The Kier molecular flexibility index (Phi) is 4.98. The highest BCUT2D eigenvalue weighted by atomic mass is 32.2. The van der Waals surface area contributed by atoms with Gasteiger partial charge in [0, 0.05) is 14.2 Å². The number of nitrogens with one attached hydrogen (secondary N) is 1. The van der Waals surface area contributed by atoms with Gasteiger partial charge in [-0.1, -0.05) is 0 Å². The monoisotopic (exact) mass is 207 g/mol. The topological polar surface area (TPSA) is 101 Å². The van der Waals surface area contributed by atoms with E-state index in [0.717, 1.165) is 11.6 Å². The molecule has 0 fully saturated rings. The minimum absolute atomic E-state index is 0.749. The second kappa shape index (κ2) is 5.47. The van der Waals surface area contributed by atoms with E-state index < -0.39 is 16.3 Å². The van der Waals surface area contributed by atoms with Gasteiger partial charge >= 0.3 is 10.0 Å². The summed E-state index contributed by atoms with van der Waals surface area (Å²) in [7, 11) is -1.26. The molecule has 0 saturated carbocycles. The summed E-state index contributed by atoms with van der Waals surface area (Å²) in [4.78, 5) is 1.63. The van der Waals surface area contributed by atoms with Crippen molar-refractivity contribution >= 4 is 16.2 Å². The maximum absolute atomic E-state index is 10.5. The van der Waals surface area contributed by atoms with E-state index >= 15 is 0 Å². The van der Waals surface area contributed by atoms with Crippen LogP contribution in [0.2, 0.25) is 0 Å². The van der Waals surface area contributed by atoms with Gasteiger partial charge in [0.25, 0.3) is 0 Å². The number of thiocyanates is 1. The molecule has 0 aromatic carbocycles. The second-order valence-corrected chi connectivity index (χ2v) is 3.18. The zero-order valence-electron chi connectivity index (χ0n) is 7.09. The Labute approximate surface area is 76.0 Å². The fourth-order valence-corrected chi connectivity index (χ4v) is 0.639. The van der Waals surface area contributed by atoms with Gasteiger partial charge in [-0.2, -0.15) is 23.6 Å². The lowest BCUT2D eigenvalue weighted by Crippen LogP contribution is -2.20. The summed E-state index contributed by atoms with van der Waals surface area (Å²) in [6.07, 6.45) is 0.316. The third kappa shape index (κ3) is 5.13. The molecular formula is C5H9N3O4S. The average molecular weight is 207 g/mol. The smallest absolute Gasteiger partial charge is 0.341 e. The van der Waals surface area contributed by atoms with Gasteiger partial charge in [-0.25, -0.2) is 0 Å². The molecule has 1 N–H and O–H groups in total. The van der Waals surface area contributed by atoms with Crippen LogP contribution < -0.4 is 4.83 Å². The van der Waals surface area contributed by atoms with Crippen LogP contribution in [0.1, 0.15) is 0 Å². The Hall–Kier alpha value is -1.17. The molecule has 0 aliphatic rings. The predicted octanol–water partition coefficient (Wildman–Crippen LogP) is -1.01. The summed E-state index contributed by atoms with van der Waals surface area (Å²) >= 11 is 0. The van der Waals surface area contributed by atoms with E-state index in [0.29, 0.717) is 0 Å². The summed E-state index contributed by atoms with van der Waals surface area (Å²) in [6.45, 7) is 0. The van der Waals surface area contributed by atoms with E-state index in [1.807, 2.05) is 0 Å². The van der Waals surface area contributed by atoms with Gasteiger partial charge in [0.05, 0.1) is 6.21 Å². The number of nitrogens with zero attached hydrogens (tertiary/aromatic N) is 2. The van der Waals surface area contributed by atoms with Crippen LogP contribution in [0, 0.1) is 10.7 Å². The van der Waals surface area contributed by atoms with Gasteiger partial charge in [-0.3, -0.25) is 0 Å². The number of rotatable bonds is 5. The van der Waals surface area contributed by atoms with E-state index in [-0.39, 0.29) is 0 Å². The predicted molar refractivity (Wildman–Crippen MR) is 44.0 cm³/mol. The minimum Gasteiger partial charge on any atom is -0.351 e. The quantitative estimate of drug-likeness (QED) is 0.205. The summed E-state index contributed by atoms with van der Waals surface area (Å²) in [5, 5.41) is 12.3. The molecule has 74 valence electrons. The van der Waals surface area contributed by atoms with E-state index in [4.69, 9.17) is 5.26 Å². The first kappa shape index (κ1) is 11.8. The zero-order valence-corrected chi connectivity index (χ0v) is 7.91. The lowest BCUT2D eigenvalue weighted by Gasteiger charge is -2.05. The summed E-state index contributed by atoms with van der Waals surface area (Å²) in [5.41, 5.74) is 0. The van der Waals surface area contributed by atoms with Crippen LogP contribution in [0.5, 0.6) is 0 Å². The number of nitriles is 1. The molecule has 8 heteroatoms. The lowest BCUT2D eigenvalue weighted by molar-refractivity contribution is -0.0486. The molecule has 0 unspecified atom stereocenters. The summed E-state index contributed by atoms with van der Waals surface area (Å²) in [6, 6.07) is 0. The van der Waals surface area contributed by atoms with Gasteiger partial charge in [-0.15, -0.1) is 0 Å². The van der Waals surface area contributed by atoms with Crippen molar-refractivity contribution < 1.29 is 17.9 Å². The number of hydrogen-bond acceptors (Lipinski definition) is 6. The maximum atomic E-state index is 10.5. The van der Waals surface area contributed by atoms with E-state index in [9.17, 15) is 8.42 Å². The molecule has 0 aliphatic carbocycles. The molecule has 0 saturated heterocycles. The van der Waals surface area contributed by atoms with Crippen LogP contribution in [0.3, 0.4) is 0 Å². The highest BCUT2D eigenvalue weighted by molar-refractivity contribution is 7.94. The van der Waals surface area contributed by atoms with Crippen LogP contribution in [0.25, 0.3) is 0 Å². The molecule has 0 aliphatic heterocycles. The van der Waals surface area contributed by atoms with Gasteiger partial charge < -0.3 is 9.47 Å². The van der Waals surface area contributed by atoms with Crippen molar-refractivity contribution in [3.63, 3.8) is 0 Å². The molecule has 0 bridgehead atoms. The van der Waals surface area contributed by atoms with Crippen LogP contribution in [-0.2, 0) is 19.5 Å². The number of hydrogen-bond donors (Lipinski definition) is 1. The Balaban J connectivity index is 4.10. The molecule has 7 nitrogen and oxygen atoms in total. The largest absolute Gasteiger partial charge is 0.351 e. The first-order valence-corrected chi connectivity index (χ1v) is 4.55. The average Bonchev–Trinajstić information content (AvgIpc) is 2.12. The molecule has 0 aromatic rings. The Morgan fingerprint density at radius 2 is 2.08 bits per heavy atom.